The molecule has 1 saturated carbocycles. The number of amides is 2. The molecule has 0 bridgehead atoms. The number of anilines is 1. The second kappa shape index (κ2) is 8.65. The molecule has 154 valence electrons. The van der Waals surface area contributed by atoms with Crippen LogP contribution in [0.5, 0.6) is 0 Å². The first-order valence-corrected chi connectivity index (χ1v) is 9.28. The number of nitrogens with zero attached hydrogens (tertiary/aromatic N) is 1. The van der Waals surface area contributed by atoms with Gasteiger partial charge in [0.1, 0.15) is 0 Å². The van der Waals surface area contributed by atoms with Crippen molar-refractivity contribution in [3.05, 3.63) is 65.2 Å². The van der Waals surface area contributed by atoms with Crippen LogP contribution in [0.25, 0.3) is 0 Å². The van der Waals surface area contributed by atoms with E-state index < -0.39 is 11.7 Å². The largest absolute Gasteiger partial charge is 0.416 e. The van der Waals surface area contributed by atoms with Gasteiger partial charge in [-0.25, -0.2) is 0 Å². The Hall–Kier alpha value is -2.87. The van der Waals surface area contributed by atoms with Crippen molar-refractivity contribution in [3.8, 4) is 0 Å². The van der Waals surface area contributed by atoms with Gasteiger partial charge in [-0.1, -0.05) is 12.1 Å². The van der Waals surface area contributed by atoms with Crippen molar-refractivity contribution < 1.29 is 22.8 Å². The normalized spacial score (nSPS) is 14.0. The number of carbonyl (C=O) groups excluding carboxylic acids is 2. The van der Waals surface area contributed by atoms with E-state index in [4.69, 9.17) is 0 Å². The fourth-order valence-corrected chi connectivity index (χ4v) is 3.02. The van der Waals surface area contributed by atoms with Crippen LogP contribution in [0.15, 0.2) is 48.5 Å². The fourth-order valence-electron chi connectivity index (χ4n) is 3.02. The summed E-state index contributed by atoms with van der Waals surface area (Å²) in [5.41, 5.74) is 1.12. The molecule has 29 heavy (non-hydrogen) atoms. The Morgan fingerprint density at radius 3 is 2.17 bits per heavy atom. The summed E-state index contributed by atoms with van der Waals surface area (Å²) in [5, 5.41) is 5.32. The topological polar surface area (TPSA) is 61.4 Å². The highest BCUT2D eigenvalue weighted by molar-refractivity contribution is 5.96. The fraction of sp³-hybridized carbons (Fsp3) is 0.333. The molecule has 0 heterocycles. The highest BCUT2D eigenvalue weighted by Crippen LogP contribution is 2.31. The summed E-state index contributed by atoms with van der Waals surface area (Å²) in [4.78, 5) is 26.0. The van der Waals surface area contributed by atoms with Gasteiger partial charge in [0.2, 0.25) is 5.91 Å². The Balaban J connectivity index is 1.59. The van der Waals surface area contributed by atoms with Crippen LogP contribution in [0.3, 0.4) is 0 Å². The molecule has 8 heteroatoms. The van der Waals surface area contributed by atoms with Gasteiger partial charge in [-0.15, -0.1) is 0 Å². The second-order valence-electron chi connectivity index (χ2n) is 7.04. The number of benzene rings is 2. The predicted octanol–water partition coefficient (Wildman–Crippen LogP) is 3.67. The summed E-state index contributed by atoms with van der Waals surface area (Å²) < 4.78 is 38.1. The number of hydrogen-bond acceptors (Lipinski definition) is 3. The minimum atomic E-state index is -4.36. The van der Waals surface area contributed by atoms with Crippen LogP contribution in [-0.2, 0) is 17.5 Å². The summed E-state index contributed by atoms with van der Waals surface area (Å²) in [7, 11) is 1.54. The van der Waals surface area contributed by atoms with E-state index in [9.17, 15) is 22.8 Å². The number of halogens is 3. The van der Waals surface area contributed by atoms with Gasteiger partial charge in [0, 0.05) is 30.9 Å². The first-order chi connectivity index (χ1) is 13.8. The molecule has 0 atom stereocenters. The quantitative estimate of drug-likeness (QED) is 0.739. The molecule has 0 spiro atoms. The SMILES string of the molecule is CNC(=O)c1ccc(NC(=O)CN(Cc2ccc(C(F)(F)F)cc2)C2CC2)cc1. The van der Waals surface area contributed by atoms with E-state index >= 15 is 0 Å². The van der Waals surface area contributed by atoms with E-state index in [-0.39, 0.29) is 24.4 Å². The van der Waals surface area contributed by atoms with Gasteiger partial charge < -0.3 is 10.6 Å². The van der Waals surface area contributed by atoms with Crippen LogP contribution in [0.2, 0.25) is 0 Å². The van der Waals surface area contributed by atoms with E-state index in [0.29, 0.717) is 17.8 Å². The minimum absolute atomic E-state index is 0.142. The molecular formula is C21H22F3N3O2. The molecule has 0 aliphatic heterocycles. The van der Waals surface area contributed by atoms with Gasteiger partial charge in [-0.05, 0) is 54.8 Å². The number of alkyl halides is 3. The molecule has 2 aromatic rings. The molecule has 5 nitrogen and oxygen atoms in total. The standard InChI is InChI=1S/C21H22F3N3O2/c1-25-20(29)15-4-8-17(9-5-15)26-19(28)13-27(18-10-11-18)12-14-2-6-16(7-3-14)21(22,23)24/h2-9,18H,10-13H2,1H3,(H,25,29)(H,26,28). The van der Waals surface area contributed by atoms with E-state index in [0.717, 1.165) is 30.5 Å². The first kappa shape index (κ1) is 20.9. The van der Waals surface area contributed by atoms with Crippen molar-refractivity contribution in [2.45, 2.75) is 31.6 Å². The Labute approximate surface area is 166 Å². The Morgan fingerprint density at radius 2 is 1.66 bits per heavy atom. The monoisotopic (exact) mass is 405 g/mol. The third kappa shape index (κ3) is 5.80. The molecule has 2 aromatic carbocycles. The molecule has 1 aliphatic rings. The van der Waals surface area contributed by atoms with Crippen LogP contribution < -0.4 is 10.6 Å². The third-order valence-electron chi connectivity index (χ3n) is 4.73. The van der Waals surface area contributed by atoms with Crippen LogP contribution in [-0.4, -0.2) is 36.3 Å². The van der Waals surface area contributed by atoms with Crippen molar-refractivity contribution in [2.75, 3.05) is 18.9 Å². The summed E-state index contributed by atoms with van der Waals surface area (Å²) in [5.74, 6) is -0.421. The molecule has 1 fully saturated rings. The lowest BCUT2D eigenvalue weighted by molar-refractivity contribution is -0.137. The summed E-state index contributed by atoms with van der Waals surface area (Å²) >= 11 is 0. The third-order valence-corrected chi connectivity index (χ3v) is 4.73. The molecule has 0 unspecified atom stereocenters. The predicted molar refractivity (Wildman–Crippen MR) is 103 cm³/mol. The summed E-state index contributed by atoms with van der Waals surface area (Å²) in [6, 6.07) is 11.8. The van der Waals surface area contributed by atoms with Crippen molar-refractivity contribution in [2.24, 2.45) is 0 Å². The summed E-state index contributed by atoms with van der Waals surface area (Å²) in [6.45, 7) is 0.550. The molecule has 3 rings (SSSR count). The minimum Gasteiger partial charge on any atom is -0.355 e. The molecule has 0 radical (unpaired) electrons. The van der Waals surface area contributed by atoms with Crippen LogP contribution in [0.4, 0.5) is 18.9 Å². The van der Waals surface area contributed by atoms with Gasteiger partial charge >= 0.3 is 6.18 Å². The van der Waals surface area contributed by atoms with Gasteiger partial charge in [0.05, 0.1) is 12.1 Å². The molecular weight excluding hydrogens is 383 g/mol. The van der Waals surface area contributed by atoms with Gasteiger partial charge in [0.15, 0.2) is 0 Å². The number of hydrogen-bond donors (Lipinski definition) is 2. The average Bonchev–Trinajstić information content (AvgIpc) is 3.52. The second-order valence-corrected chi connectivity index (χ2v) is 7.04. The van der Waals surface area contributed by atoms with Gasteiger partial charge in [-0.3, -0.25) is 14.5 Å². The zero-order chi connectivity index (χ0) is 21.0. The van der Waals surface area contributed by atoms with Crippen molar-refractivity contribution in [3.63, 3.8) is 0 Å². The lowest BCUT2D eigenvalue weighted by Gasteiger charge is -2.22. The zero-order valence-corrected chi connectivity index (χ0v) is 15.9. The van der Waals surface area contributed by atoms with Crippen LogP contribution in [0, 0.1) is 0 Å². The Kier molecular flexibility index (Phi) is 6.22. The zero-order valence-electron chi connectivity index (χ0n) is 15.9. The van der Waals surface area contributed by atoms with Crippen molar-refractivity contribution in [1.29, 1.82) is 0 Å². The average molecular weight is 405 g/mol. The molecule has 0 saturated heterocycles. The maximum absolute atomic E-state index is 12.7. The lowest BCUT2D eigenvalue weighted by atomic mass is 10.1. The molecule has 2 N–H and O–H groups in total. The van der Waals surface area contributed by atoms with Crippen molar-refractivity contribution >= 4 is 17.5 Å². The van der Waals surface area contributed by atoms with E-state index in [1.165, 1.54) is 12.1 Å². The molecule has 0 aromatic heterocycles. The number of rotatable bonds is 7. The Morgan fingerprint density at radius 1 is 1.03 bits per heavy atom. The smallest absolute Gasteiger partial charge is 0.355 e. The highest BCUT2D eigenvalue weighted by Gasteiger charge is 2.32. The maximum atomic E-state index is 12.7. The van der Waals surface area contributed by atoms with Gasteiger partial charge in [-0.2, -0.15) is 13.2 Å². The van der Waals surface area contributed by atoms with Crippen LogP contribution >= 0.6 is 0 Å². The van der Waals surface area contributed by atoms with E-state index in [1.807, 2.05) is 4.90 Å². The molecule has 1 aliphatic carbocycles. The summed E-state index contributed by atoms with van der Waals surface area (Å²) in [6.07, 6.45) is -2.43. The van der Waals surface area contributed by atoms with Crippen molar-refractivity contribution in [1.82, 2.24) is 10.2 Å². The highest BCUT2D eigenvalue weighted by atomic mass is 19.4. The van der Waals surface area contributed by atoms with Gasteiger partial charge in [0.25, 0.3) is 5.91 Å². The van der Waals surface area contributed by atoms with Crippen LogP contribution in [0.1, 0.15) is 34.3 Å². The molecule has 2 amide bonds. The maximum Gasteiger partial charge on any atom is 0.416 e. The van der Waals surface area contributed by atoms with E-state index in [1.54, 1.807) is 31.3 Å². The Bertz CT molecular complexity index is 860. The lowest BCUT2D eigenvalue weighted by Crippen LogP contribution is -2.34. The first-order valence-electron chi connectivity index (χ1n) is 9.28. The van der Waals surface area contributed by atoms with E-state index in [2.05, 4.69) is 10.6 Å². The number of carbonyl (C=O) groups is 2. The number of nitrogens with one attached hydrogen (secondary N) is 2.